The van der Waals surface area contributed by atoms with Gasteiger partial charge in [0.2, 0.25) is 23.5 Å². The number of nitrogens with one attached hydrogen (secondary N) is 4. The first-order valence-electron chi connectivity index (χ1n) is 16.0. The van der Waals surface area contributed by atoms with Crippen LogP contribution in [0, 0.1) is 46.0 Å². The van der Waals surface area contributed by atoms with Crippen LogP contribution >= 0.6 is 0 Å². The zero-order chi connectivity index (χ0) is 35.8. The Morgan fingerprint density at radius 3 is 2.37 bits per heavy atom. The van der Waals surface area contributed by atoms with Crippen LogP contribution in [0.25, 0.3) is 0 Å². The van der Waals surface area contributed by atoms with Gasteiger partial charge in [0.25, 0.3) is 5.91 Å². The highest BCUT2D eigenvalue weighted by molar-refractivity contribution is 6.38. The van der Waals surface area contributed by atoms with E-state index in [1.54, 1.807) is 6.92 Å². The predicted octanol–water partition coefficient (Wildman–Crippen LogP) is 2.70. The van der Waals surface area contributed by atoms with Crippen molar-refractivity contribution >= 4 is 41.0 Å². The second-order valence-electron chi connectivity index (χ2n) is 13.3. The Kier molecular flexibility index (Phi) is 10.1. The van der Waals surface area contributed by atoms with E-state index in [0.29, 0.717) is 44.6 Å². The van der Waals surface area contributed by atoms with Crippen LogP contribution in [-0.2, 0) is 24.0 Å². The number of benzene rings is 1. The van der Waals surface area contributed by atoms with E-state index in [-0.39, 0.29) is 25.3 Å². The monoisotopic (exact) mass is 698 g/mol. The van der Waals surface area contributed by atoms with Gasteiger partial charge in [0.05, 0.1) is 6.04 Å². The van der Waals surface area contributed by atoms with Crippen LogP contribution in [0.2, 0.25) is 0 Å². The molecule has 0 spiro atoms. The number of likely N-dealkylation sites (tertiary alicyclic amines) is 2. The maximum atomic E-state index is 14.6. The number of ketones is 1. The summed E-state index contributed by atoms with van der Waals surface area (Å²) in [5, 5.41) is 14.6. The molecule has 0 bridgehead atoms. The van der Waals surface area contributed by atoms with Crippen molar-refractivity contribution in [3.63, 3.8) is 0 Å². The smallest absolute Gasteiger partial charge is 0.369 e. The first kappa shape index (κ1) is 35.9. The predicted molar refractivity (Wildman–Crippen MR) is 160 cm³/mol. The van der Waals surface area contributed by atoms with Crippen LogP contribution in [0.4, 0.5) is 32.0 Å². The molecule has 1 aromatic rings. The van der Waals surface area contributed by atoms with Crippen LogP contribution in [0.5, 0.6) is 0 Å². The summed E-state index contributed by atoms with van der Waals surface area (Å²) in [5.74, 6) is -7.99. The molecule has 4 aliphatic rings. The van der Waals surface area contributed by atoms with Crippen molar-refractivity contribution in [3.8, 4) is 0 Å². The summed E-state index contributed by atoms with van der Waals surface area (Å²) in [6.07, 6.45) is -4.81. The summed E-state index contributed by atoms with van der Waals surface area (Å²) in [6, 6.07) is -4.18. The highest BCUT2D eigenvalue weighted by Crippen LogP contribution is 2.67. The summed E-state index contributed by atoms with van der Waals surface area (Å²) >= 11 is 0. The molecule has 7 atom stereocenters. The van der Waals surface area contributed by atoms with E-state index in [1.165, 1.54) is 11.0 Å². The summed E-state index contributed by atoms with van der Waals surface area (Å²) in [7, 11) is 0. The van der Waals surface area contributed by atoms with E-state index in [2.05, 4.69) is 21.8 Å². The molecule has 1 saturated carbocycles. The Morgan fingerprint density at radius 1 is 1.14 bits per heavy atom. The van der Waals surface area contributed by atoms with Crippen molar-refractivity contribution in [1.29, 1.82) is 5.41 Å². The number of rotatable bonds is 13. The van der Waals surface area contributed by atoms with Gasteiger partial charge in [-0.3, -0.25) is 29.4 Å². The van der Waals surface area contributed by atoms with Crippen LogP contribution in [0.3, 0.4) is 0 Å². The zero-order valence-corrected chi connectivity index (χ0v) is 26.5. The van der Waals surface area contributed by atoms with Crippen LogP contribution in [0.1, 0.15) is 45.4 Å². The van der Waals surface area contributed by atoms with Crippen molar-refractivity contribution in [2.75, 3.05) is 31.5 Å². The van der Waals surface area contributed by atoms with Gasteiger partial charge < -0.3 is 25.8 Å². The molecule has 266 valence electrons. The highest BCUT2D eigenvalue weighted by atomic mass is 19.4. The molecular formula is C32H36F6N6O5. The minimum Gasteiger partial charge on any atom is -0.369 e. The number of halogens is 6. The summed E-state index contributed by atoms with van der Waals surface area (Å²) in [4.78, 5) is 69.2. The minimum absolute atomic E-state index is 0.154. The van der Waals surface area contributed by atoms with Crippen molar-refractivity contribution in [3.05, 3.63) is 35.7 Å². The van der Waals surface area contributed by atoms with E-state index in [1.807, 2.05) is 0 Å². The van der Waals surface area contributed by atoms with Crippen LogP contribution < -0.4 is 16.0 Å². The van der Waals surface area contributed by atoms with Crippen LogP contribution in [0.15, 0.2) is 18.2 Å². The minimum atomic E-state index is -4.77. The normalized spacial score (nSPS) is 26.9. The quantitative estimate of drug-likeness (QED) is 0.141. The molecule has 0 radical (unpaired) electrons. The lowest BCUT2D eigenvalue weighted by molar-refractivity contribution is -0.150. The molecule has 1 aromatic carbocycles. The number of piperidine rings is 1. The van der Waals surface area contributed by atoms with E-state index < -0.39 is 107 Å². The average Bonchev–Trinajstić information content (AvgIpc) is 3.30. The number of fused-ring (bicyclic) bond motifs is 1. The molecule has 0 aromatic heterocycles. The largest absolute Gasteiger partial charge is 0.389 e. The van der Waals surface area contributed by atoms with Gasteiger partial charge in [-0.25, -0.2) is 13.2 Å². The molecular weight excluding hydrogens is 662 g/mol. The molecule has 5 rings (SSSR count). The number of carbonyl (C=O) groups is 5. The molecule has 4 fully saturated rings. The average molecular weight is 699 g/mol. The Hall–Kier alpha value is -4.40. The molecule has 11 nitrogen and oxygen atoms in total. The van der Waals surface area contributed by atoms with Crippen molar-refractivity contribution in [2.24, 2.45) is 23.2 Å². The molecule has 3 heterocycles. The lowest BCUT2D eigenvalue weighted by Crippen LogP contribution is -2.58. The lowest BCUT2D eigenvalue weighted by atomic mass is 9.92. The maximum Gasteiger partial charge on any atom is 0.389 e. The second-order valence-corrected chi connectivity index (χ2v) is 13.3. The maximum absolute atomic E-state index is 14.6. The molecule has 4 amide bonds. The van der Waals surface area contributed by atoms with Gasteiger partial charge >= 0.3 is 6.18 Å². The van der Waals surface area contributed by atoms with Gasteiger partial charge in [-0.1, -0.05) is 6.92 Å². The van der Waals surface area contributed by atoms with Crippen molar-refractivity contribution in [1.82, 2.24) is 20.4 Å². The van der Waals surface area contributed by atoms with Gasteiger partial charge in [0.1, 0.15) is 23.6 Å². The van der Waals surface area contributed by atoms with Crippen LogP contribution in [-0.4, -0.2) is 95.6 Å². The number of hydrogen-bond donors (Lipinski definition) is 4. The fourth-order valence-electron chi connectivity index (χ4n) is 7.30. The molecule has 49 heavy (non-hydrogen) atoms. The number of alkyl halides is 3. The van der Waals surface area contributed by atoms with E-state index in [9.17, 15) is 50.3 Å². The third-order valence-corrected chi connectivity index (χ3v) is 10.2. The number of amides is 4. The molecule has 3 aliphatic heterocycles. The molecule has 17 heteroatoms. The van der Waals surface area contributed by atoms with Gasteiger partial charge in [-0.2, -0.15) is 13.2 Å². The summed E-state index contributed by atoms with van der Waals surface area (Å²) in [5.41, 5.74) is -1.69. The number of carbonyl (C=O) groups excluding carboxylic acids is 5. The topological polar surface area (TPSA) is 152 Å². The molecule has 3 saturated heterocycles. The Morgan fingerprint density at radius 2 is 1.82 bits per heavy atom. The van der Waals surface area contributed by atoms with E-state index in [4.69, 9.17) is 5.41 Å². The SMILES string of the molecule is CC1(CC=C=N)[C@@H]2[C@@H](C(=O)N[C@@H](C[C@@H]3CCNC3=O)C(=O)C(=O)N3CCC3)N(C(=O)[C@@H](CCC(F)(F)F)Nc3c(F)cc(F)cc3F)C[C@@H]21. The standard InChI is InChI=1S/C32H36F6N6O5/c1-31(6-2-8-39)18-15-44(29(48)21(4-7-32(36,37)38)41-24-19(34)13-17(33)14-20(24)35)25(23(18)31)28(47)42-22(12-16-5-9-40-27(16)46)26(45)30(49)43-10-3-11-43/h2,13-14,16,18,21-23,25,39,41H,3-7,9-12,15H2,1H3,(H,40,46)(H,42,47)/t16-,18-,21+,22-,23-,25-,31?/m0/s1. The van der Waals surface area contributed by atoms with Gasteiger partial charge in [-0.05, 0) is 61.3 Å². The molecule has 1 aliphatic carbocycles. The van der Waals surface area contributed by atoms with Crippen molar-refractivity contribution < 1.29 is 50.3 Å². The fourth-order valence-corrected chi connectivity index (χ4v) is 7.30. The number of nitrogens with zero attached hydrogens (tertiary/aromatic N) is 2. The van der Waals surface area contributed by atoms with E-state index >= 15 is 0 Å². The number of allylic oxidation sites excluding steroid dienone is 1. The zero-order valence-electron chi connectivity index (χ0n) is 26.5. The third-order valence-electron chi connectivity index (χ3n) is 10.2. The Bertz CT molecular complexity index is 1560. The first-order chi connectivity index (χ1) is 23.1. The lowest BCUT2D eigenvalue weighted by Gasteiger charge is -2.35. The molecule has 4 N–H and O–H groups in total. The Balaban J connectivity index is 1.45. The van der Waals surface area contributed by atoms with Gasteiger partial charge in [0, 0.05) is 50.7 Å². The van der Waals surface area contributed by atoms with E-state index in [0.717, 1.165) is 4.90 Å². The number of Topliss-reactive ketones (excluding diaryl/α,β-unsaturated/α-hetero) is 1. The van der Waals surface area contributed by atoms with Crippen molar-refractivity contribution in [2.45, 2.75) is 69.8 Å². The third kappa shape index (κ3) is 7.46. The number of anilines is 1. The van der Waals surface area contributed by atoms with Gasteiger partial charge in [-0.15, -0.1) is 0 Å². The first-order valence-corrected chi connectivity index (χ1v) is 16.0. The fraction of sp³-hybridized carbons (Fsp3) is 0.594. The highest BCUT2D eigenvalue weighted by Gasteiger charge is 2.71. The van der Waals surface area contributed by atoms with Gasteiger partial charge in [0.15, 0.2) is 11.6 Å². The number of hydrogen-bond acceptors (Lipinski definition) is 7. The summed E-state index contributed by atoms with van der Waals surface area (Å²) < 4.78 is 82.7. The Labute approximate surface area is 277 Å². The summed E-state index contributed by atoms with van der Waals surface area (Å²) in [6.45, 7) is 2.64. The molecule has 1 unspecified atom stereocenters. The second kappa shape index (κ2) is 13.8.